The van der Waals surface area contributed by atoms with Crippen molar-refractivity contribution in [1.82, 2.24) is 0 Å². The molecule has 0 aliphatic carbocycles. The highest BCUT2D eigenvalue weighted by Crippen LogP contribution is 2.32. The molecular formula is C52H78F3NO14. The number of aryl methyl sites for hydroxylation is 1. The van der Waals surface area contributed by atoms with E-state index < -0.39 is 17.7 Å². The molecule has 0 aliphatic rings. The van der Waals surface area contributed by atoms with Gasteiger partial charge in [0.15, 0.2) is 0 Å². The van der Waals surface area contributed by atoms with Gasteiger partial charge in [0.05, 0.1) is 162 Å². The Morgan fingerprint density at radius 1 is 0.457 bits per heavy atom. The minimum atomic E-state index is -4.48. The summed E-state index contributed by atoms with van der Waals surface area (Å²) in [5.74, 6) is 0.241. The summed E-state index contributed by atoms with van der Waals surface area (Å²) in [7, 11) is 0. The van der Waals surface area contributed by atoms with Gasteiger partial charge in [0.1, 0.15) is 19.0 Å². The molecule has 3 aromatic rings. The van der Waals surface area contributed by atoms with Gasteiger partial charge in [0.25, 0.3) is 0 Å². The number of nitrogens with one attached hydrogen (secondary N) is 1. The zero-order valence-electron chi connectivity index (χ0n) is 41.2. The van der Waals surface area contributed by atoms with E-state index in [1.54, 1.807) is 18.2 Å². The van der Waals surface area contributed by atoms with E-state index in [9.17, 15) is 18.0 Å². The van der Waals surface area contributed by atoms with Crippen LogP contribution in [0.4, 0.5) is 24.5 Å². The van der Waals surface area contributed by atoms with Crippen molar-refractivity contribution in [3.63, 3.8) is 0 Å². The van der Waals surface area contributed by atoms with Gasteiger partial charge in [-0.3, -0.25) is 0 Å². The molecule has 0 unspecified atom stereocenters. The Hall–Kier alpha value is -3.92. The lowest BCUT2D eigenvalue weighted by Crippen LogP contribution is -2.16. The quantitative estimate of drug-likeness (QED) is 0.0424. The van der Waals surface area contributed by atoms with Gasteiger partial charge >= 0.3 is 12.1 Å². The first kappa shape index (κ1) is 60.4. The summed E-state index contributed by atoms with van der Waals surface area (Å²) in [6.07, 6.45) is 4.53. The lowest BCUT2D eigenvalue weighted by atomic mass is 10.0. The monoisotopic (exact) mass is 998 g/mol. The molecule has 18 heteroatoms. The van der Waals surface area contributed by atoms with Crippen LogP contribution in [0.25, 0.3) is 0 Å². The molecular weight excluding hydrogens is 920 g/mol. The highest BCUT2D eigenvalue weighted by Gasteiger charge is 2.30. The molecule has 0 spiro atoms. The Kier molecular flexibility index (Phi) is 35.9. The van der Waals surface area contributed by atoms with E-state index in [0.29, 0.717) is 151 Å². The average Bonchev–Trinajstić information content (AvgIpc) is 3.36. The van der Waals surface area contributed by atoms with Crippen molar-refractivity contribution < 1.29 is 79.5 Å². The van der Waals surface area contributed by atoms with Crippen molar-refractivity contribution in [2.45, 2.75) is 58.0 Å². The number of ether oxygens (including phenoxy) is 13. The number of hydrogen-bond acceptors (Lipinski definition) is 15. The summed E-state index contributed by atoms with van der Waals surface area (Å²) in [5, 5.41) is 2.86. The molecule has 3 aromatic carbocycles. The van der Waals surface area contributed by atoms with Crippen LogP contribution in [0, 0.1) is 0 Å². The standard InChI is InChI=1S/C52H78F3NO14/c1-2-3-4-5-6-7-11-45-16-18-48(19-17-45)69-42-40-67-38-36-65-34-32-63-30-28-61-26-24-59-22-20-58-21-23-60-25-27-62-29-31-64-33-35-66-37-39-68-41-43-70-51(57)49-14-8-9-15-50(49)56-47-13-10-12-46(44-47)52(53,54)55/h8-10,12-19,44,56H,2-7,11,20-43H2,1H3. The third-order valence-corrected chi connectivity index (χ3v) is 10.0. The van der Waals surface area contributed by atoms with Crippen LogP contribution in [0.5, 0.6) is 5.75 Å². The van der Waals surface area contributed by atoms with Crippen LogP contribution in [0.15, 0.2) is 72.8 Å². The topological polar surface area (TPSA) is 149 Å². The summed E-state index contributed by atoms with van der Waals surface area (Å²) < 4.78 is 111. The molecule has 0 aromatic heterocycles. The predicted octanol–water partition coefficient (Wildman–Crippen LogP) is 8.77. The van der Waals surface area contributed by atoms with Gasteiger partial charge in [-0.15, -0.1) is 0 Å². The second kappa shape index (κ2) is 41.7. The van der Waals surface area contributed by atoms with Crippen molar-refractivity contribution in [2.24, 2.45) is 0 Å². The second-order valence-corrected chi connectivity index (χ2v) is 15.6. The molecule has 0 bridgehead atoms. The Morgan fingerprint density at radius 2 is 0.871 bits per heavy atom. The number of anilines is 2. The van der Waals surface area contributed by atoms with Gasteiger partial charge in [0.2, 0.25) is 0 Å². The number of para-hydroxylation sites is 1. The third kappa shape index (κ3) is 32.1. The number of esters is 1. The number of alkyl halides is 3. The summed E-state index contributed by atoms with van der Waals surface area (Å²) in [5.41, 5.74) is 1.27. The van der Waals surface area contributed by atoms with Crippen LogP contribution in [0.3, 0.4) is 0 Å². The summed E-state index contributed by atoms with van der Waals surface area (Å²) >= 11 is 0. The first-order chi connectivity index (χ1) is 34.4. The van der Waals surface area contributed by atoms with E-state index in [1.165, 1.54) is 62.3 Å². The van der Waals surface area contributed by atoms with E-state index >= 15 is 0 Å². The average molecular weight is 998 g/mol. The van der Waals surface area contributed by atoms with Crippen molar-refractivity contribution in [2.75, 3.05) is 164 Å². The number of carbonyl (C=O) groups excluding carboxylic acids is 1. The van der Waals surface area contributed by atoms with Crippen LogP contribution in [-0.2, 0) is 69.4 Å². The fourth-order valence-corrected chi connectivity index (χ4v) is 6.35. The molecule has 0 aliphatic heterocycles. The van der Waals surface area contributed by atoms with Crippen molar-refractivity contribution in [3.05, 3.63) is 89.5 Å². The minimum absolute atomic E-state index is 0.00559. The van der Waals surface area contributed by atoms with Gasteiger partial charge in [-0.2, -0.15) is 13.2 Å². The van der Waals surface area contributed by atoms with Crippen LogP contribution in [0.1, 0.15) is 66.9 Å². The van der Waals surface area contributed by atoms with Gasteiger partial charge in [0, 0.05) is 5.69 Å². The van der Waals surface area contributed by atoms with Gasteiger partial charge in [-0.25, -0.2) is 4.79 Å². The number of rotatable bonds is 47. The van der Waals surface area contributed by atoms with Crippen LogP contribution < -0.4 is 10.1 Å². The van der Waals surface area contributed by atoms with Crippen LogP contribution in [0.2, 0.25) is 0 Å². The van der Waals surface area contributed by atoms with Gasteiger partial charge in [-0.1, -0.05) is 69.4 Å². The summed E-state index contributed by atoms with van der Waals surface area (Å²) in [6, 6.07) is 19.5. The maximum absolute atomic E-state index is 13.1. The molecule has 0 radical (unpaired) electrons. The SMILES string of the molecule is CCCCCCCCc1ccc(OCCOCCOCCOCCOCCOCCOCCOCCOCCOCCOCCOCCOC(=O)c2ccccc2Nc2cccc(C(F)(F)F)c2)cc1. The molecule has 0 saturated carbocycles. The van der Waals surface area contributed by atoms with E-state index in [1.807, 2.05) is 12.1 Å². The molecule has 0 heterocycles. The lowest BCUT2D eigenvalue weighted by Gasteiger charge is -2.13. The molecule has 3 rings (SSSR count). The maximum atomic E-state index is 13.1. The molecule has 0 atom stereocenters. The second-order valence-electron chi connectivity index (χ2n) is 15.6. The fourth-order valence-electron chi connectivity index (χ4n) is 6.35. The summed E-state index contributed by atoms with van der Waals surface area (Å²) in [6.45, 7) is 12.4. The minimum Gasteiger partial charge on any atom is -0.491 e. The van der Waals surface area contributed by atoms with Crippen LogP contribution in [-0.4, -0.2) is 165 Å². The first-order valence-electron chi connectivity index (χ1n) is 24.6. The maximum Gasteiger partial charge on any atom is 0.416 e. The van der Waals surface area contributed by atoms with E-state index in [2.05, 4.69) is 24.4 Å². The predicted molar refractivity (Wildman–Crippen MR) is 259 cm³/mol. The summed E-state index contributed by atoms with van der Waals surface area (Å²) in [4.78, 5) is 12.6. The smallest absolute Gasteiger partial charge is 0.416 e. The zero-order chi connectivity index (χ0) is 49.8. The third-order valence-electron chi connectivity index (χ3n) is 10.0. The van der Waals surface area contributed by atoms with E-state index in [0.717, 1.165) is 24.3 Å². The number of hydrogen-bond donors (Lipinski definition) is 1. The highest BCUT2D eigenvalue weighted by molar-refractivity contribution is 5.96. The molecule has 0 fully saturated rings. The largest absolute Gasteiger partial charge is 0.491 e. The number of benzene rings is 3. The Morgan fingerprint density at radius 3 is 1.33 bits per heavy atom. The van der Waals surface area contributed by atoms with Crippen molar-refractivity contribution >= 4 is 17.3 Å². The van der Waals surface area contributed by atoms with Crippen LogP contribution >= 0.6 is 0 Å². The number of halogens is 3. The first-order valence-corrected chi connectivity index (χ1v) is 24.6. The molecule has 1 N–H and O–H groups in total. The Labute approximate surface area is 413 Å². The van der Waals surface area contributed by atoms with Crippen molar-refractivity contribution in [1.29, 1.82) is 0 Å². The Bertz CT molecular complexity index is 1690. The molecule has 70 heavy (non-hydrogen) atoms. The van der Waals surface area contributed by atoms with E-state index in [4.69, 9.17) is 61.6 Å². The normalized spacial score (nSPS) is 11.6. The Balaban J connectivity index is 0.947. The fraction of sp³-hybridized carbons (Fsp3) is 0.635. The zero-order valence-corrected chi connectivity index (χ0v) is 41.2. The van der Waals surface area contributed by atoms with Gasteiger partial charge in [-0.05, 0) is 60.9 Å². The number of unbranched alkanes of at least 4 members (excludes halogenated alkanes) is 5. The highest BCUT2D eigenvalue weighted by atomic mass is 19.4. The lowest BCUT2D eigenvalue weighted by molar-refractivity contribution is -0.137. The molecule has 396 valence electrons. The van der Waals surface area contributed by atoms with Gasteiger partial charge < -0.3 is 66.9 Å². The number of carbonyl (C=O) groups is 1. The molecule has 15 nitrogen and oxygen atoms in total. The molecule has 0 saturated heterocycles. The van der Waals surface area contributed by atoms with Crippen molar-refractivity contribution in [3.8, 4) is 5.75 Å². The van der Waals surface area contributed by atoms with E-state index in [-0.39, 0.29) is 24.5 Å². The molecule has 0 amide bonds.